The molecule has 1 aliphatic rings. The number of anilines is 1. The average Bonchev–Trinajstić information content (AvgIpc) is 2.58. The zero-order chi connectivity index (χ0) is 11.2. The van der Waals surface area contributed by atoms with Gasteiger partial charge in [-0.2, -0.15) is 0 Å². The predicted octanol–water partition coefficient (Wildman–Crippen LogP) is 2.22. The lowest BCUT2D eigenvalue weighted by molar-refractivity contribution is 0.637. The molecule has 2 N–H and O–H groups in total. The second-order valence-corrected chi connectivity index (χ2v) is 4.25. The Morgan fingerprint density at radius 2 is 2.25 bits per heavy atom. The lowest BCUT2D eigenvalue weighted by atomic mass is 10.1. The Bertz CT molecular complexity index is 371. The Morgan fingerprint density at radius 3 is 3.12 bits per heavy atom. The minimum absolute atomic E-state index is 0.572. The maximum Gasteiger partial charge on any atom is 0.0354 e. The van der Waals surface area contributed by atoms with E-state index in [4.69, 9.17) is 6.42 Å². The molecule has 1 aromatic rings. The van der Waals surface area contributed by atoms with E-state index in [1.807, 2.05) is 18.2 Å². The highest BCUT2D eigenvalue weighted by Gasteiger charge is 2.11. The molecule has 2 heteroatoms. The van der Waals surface area contributed by atoms with Crippen LogP contribution in [-0.4, -0.2) is 19.1 Å². The third-order valence-corrected chi connectivity index (χ3v) is 2.98. The summed E-state index contributed by atoms with van der Waals surface area (Å²) in [5, 5.41) is 6.97. The van der Waals surface area contributed by atoms with Crippen molar-refractivity contribution >= 4 is 5.69 Å². The van der Waals surface area contributed by atoms with Gasteiger partial charge in [0, 0.05) is 17.3 Å². The van der Waals surface area contributed by atoms with Gasteiger partial charge in [0.2, 0.25) is 0 Å². The first-order valence-corrected chi connectivity index (χ1v) is 5.92. The SMILES string of the molecule is C#Cc1cccc(NC2CCCNCC2)c1. The zero-order valence-electron chi connectivity index (χ0n) is 9.50. The van der Waals surface area contributed by atoms with Crippen LogP contribution in [0.4, 0.5) is 5.69 Å². The molecule has 0 radical (unpaired) electrons. The fourth-order valence-electron chi connectivity index (χ4n) is 2.10. The summed E-state index contributed by atoms with van der Waals surface area (Å²) < 4.78 is 0. The van der Waals surface area contributed by atoms with Gasteiger partial charge in [0.25, 0.3) is 0 Å². The number of terminal acetylenes is 1. The van der Waals surface area contributed by atoms with E-state index in [-0.39, 0.29) is 0 Å². The van der Waals surface area contributed by atoms with Gasteiger partial charge in [0.05, 0.1) is 0 Å². The van der Waals surface area contributed by atoms with E-state index >= 15 is 0 Å². The summed E-state index contributed by atoms with van der Waals surface area (Å²) in [6, 6.07) is 8.66. The zero-order valence-corrected chi connectivity index (χ0v) is 9.50. The fraction of sp³-hybridized carbons (Fsp3) is 0.429. The topological polar surface area (TPSA) is 24.1 Å². The van der Waals surface area contributed by atoms with Gasteiger partial charge in [-0.25, -0.2) is 0 Å². The van der Waals surface area contributed by atoms with Crippen molar-refractivity contribution in [3.05, 3.63) is 29.8 Å². The number of hydrogen-bond donors (Lipinski definition) is 2. The Labute approximate surface area is 97.4 Å². The lowest BCUT2D eigenvalue weighted by Gasteiger charge is -2.17. The highest BCUT2D eigenvalue weighted by Crippen LogP contribution is 2.15. The molecule has 84 valence electrons. The lowest BCUT2D eigenvalue weighted by Crippen LogP contribution is -2.21. The highest BCUT2D eigenvalue weighted by atomic mass is 14.9. The second-order valence-electron chi connectivity index (χ2n) is 4.25. The molecular weight excluding hydrogens is 196 g/mol. The Morgan fingerprint density at radius 1 is 1.31 bits per heavy atom. The van der Waals surface area contributed by atoms with Crippen molar-refractivity contribution in [3.63, 3.8) is 0 Å². The van der Waals surface area contributed by atoms with Crippen LogP contribution in [0.5, 0.6) is 0 Å². The van der Waals surface area contributed by atoms with Crippen molar-refractivity contribution in [2.24, 2.45) is 0 Å². The van der Waals surface area contributed by atoms with Crippen molar-refractivity contribution in [1.29, 1.82) is 0 Å². The van der Waals surface area contributed by atoms with Crippen molar-refractivity contribution < 1.29 is 0 Å². The van der Waals surface area contributed by atoms with Crippen molar-refractivity contribution in [2.45, 2.75) is 25.3 Å². The van der Waals surface area contributed by atoms with Gasteiger partial charge in [-0.3, -0.25) is 0 Å². The van der Waals surface area contributed by atoms with Crippen LogP contribution in [-0.2, 0) is 0 Å². The van der Waals surface area contributed by atoms with E-state index < -0.39 is 0 Å². The van der Waals surface area contributed by atoms with Crippen molar-refractivity contribution in [3.8, 4) is 12.3 Å². The molecular formula is C14H18N2. The molecule has 16 heavy (non-hydrogen) atoms. The largest absolute Gasteiger partial charge is 0.382 e. The second kappa shape index (κ2) is 5.58. The molecule has 0 aliphatic carbocycles. The van der Waals surface area contributed by atoms with Crippen LogP contribution >= 0.6 is 0 Å². The van der Waals surface area contributed by atoms with Gasteiger partial charge in [-0.05, 0) is 50.6 Å². The van der Waals surface area contributed by atoms with E-state index in [2.05, 4.69) is 22.6 Å². The molecule has 1 aliphatic heterocycles. The quantitative estimate of drug-likeness (QED) is 0.738. The molecule has 2 rings (SSSR count). The van der Waals surface area contributed by atoms with Gasteiger partial charge >= 0.3 is 0 Å². The van der Waals surface area contributed by atoms with Crippen LogP contribution < -0.4 is 10.6 Å². The summed E-state index contributed by atoms with van der Waals surface area (Å²) in [7, 11) is 0. The van der Waals surface area contributed by atoms with Crippen LogP contribution in [0.25, 0.3) is 0 Å². The minimum Gasteiger partial charge on any atom is -0.382 e. The summed E-state index contributed by atoms with van der Waals surface area (Å²) in [5.74, 6) is 2.66. The van der Waals surface area contributed by atoms with E-state index in [9.17, 15) is 0 Å². The standard InChI is InChI=1S/C14H18N2/c1-2-12-5-3-6-14(11-12)16-13-7-4-9-15-10-8-13/h1,3,5-6,11,13,15-16H,4,7-10H2. The Balaban J connectivity index is 1.99. The first-order chi connectivity index (χ1) is 7.88. The molecule has 1 fully saturated rings. The molecule has 1 aromatic carbocycles. The van der Waals surface area contributed by atoms with Gasteiger partial charge in [0.1, 0.15) is 0 Å². The minimum atomic E-state index is 0.572. The van der Waals surface area contributed by atoms with Crippen LogP contribution in [0.3, 0.4) is 0 Å². The van der Waals surface area contributed by atoms with Crippen molar-refractivity contribution in [2.75, 3.05) is 18.4 Å². The Hall–Kier alpha value is -1.46. The predicted molar refractivity (Wildman–Crippen MR) is 68.5 cm³/mol. The van der Waals surface area contributed by atoms with Gasteiger partial charge in [-0.1, -0.05) is 12.0 Å². The first kappa shape index (κ1) is 11.0. The molecule has 0 bridgehead atoms. The van der Waals surface area contributed by atoms with Gasteiger partial charge in [0.15, 0.2) is 0 Å². The third kappa shape index (κ3) is 3.01. The third-order valence-electron chi connectivity index (χ3n) is 2.98. The molecule has 0 spiro atoms. The monoisotopic (exact) mass is 214 g/mol. The molecule has 1 saturated heterocycles. The summed E-state index contributed by atoms with van der Waals surface area (Å²) in [5.41, 5.74) is 2.08. The summed E-state index contributed by atoms with van der Waals surface area (Å²) in [4.78, 5) is 0. The molecule has 1 unspecified atom stereocenters. The van der Waals surface area contributed by atoms with Crippen LogP contribution in [0.2, 0.25) is 0 Å². The summed E-state index contributed by atoms with van der Waals surface area (Å²) >= 11 is 0. The summed E-state index contributed by atoms with van der Waals surface area (Å²) in [6.07, 6.45) is 9.04. The number of nitrogens with one attached hydrogen (secondary N) is 2. The van der Waals surface area contributed by atoms with Crippen LogP contribution in [0.1, 0.15) is 24.8 Å². The Kier molecular flexibility index (Phi) is 3.85. The molecule has 1 atom stereocenters. The molecule has 2 nitrogen and oxygen atoms in total. The van der Waals surface area contributed by atoms with E-state index in [1.165, 1.54) is 19.3 Å². The van der Waals surface area contributed by atoms with E-state index in [0.717, 1.165) is 24.3 Å². The fourth-order valence-corrected chi connectivity index (χ4v) is 2.10. The van der Waals surface area contributed by atoms with E-state index in [1.54, 1.807) is 0 Å². The average molecular weight is 214 g/mol. The van der Waals surface area contributed by atoms with Gasteiger partial charge in [-0.15, -0.1) is 6.42 Å². The maximum absolute atomic E-state index is 5.39. The smallest absolute Gasteiger partial charge is 0.0354 e. The highest BCUT2D eigenvalue weighted by molar-refractivity contribution is 5.50. The molecule has 0 amide bonds. The normalized spacial score (nSPS) is 20.8. The van der Waals surface area contributed by atoms with Crippen LogP contribution in [0, 0.1) is 12.3 Å². The number of hydrogen-bond acceptors (Lipinski definition) is 2. The van der Waals surface area contributed by atoms with Crippen LogP contribution in [0.15, 0.2) is 24.3 Å². The molecule has 0 aromatic heterocycles. The number of rotatable bonds is 2. The van der Waals surface area contributed by atoms with Crippen molar-refractivity contribution in [1.82, 2.24) is 5.32 Å². The maximum atomic E-state index is 5.39. The van der Waals surface area contributed by atoms with E-state index in [0.29, 0.717) is 6.04 Å². The molecule has 0 saturated carbocycles. The van der Waals surface area contributed by atoms with Gasteiger partial charge < -0.3 is 10.6 Å². The summed E-state index contributed by atoms with van der Waals surface area (Å²) in [6.45, 7) is 2.25. The molecule has 1 heterocycles. The number of benzene rings is 1. The first-order valence-electron chi connectivity index (χ1n) is 5.92.